The summed E-state index contributed by atoms with van der Waals surface area (Å²) in [5.41, 5.74) is 0.542. The van der Waals surface area contributed by atoms with Gasteiger partial charge in [-0.25, -0.2) is 0 Å². The van der Waals surface area contributed by atoms with Gasteiger partial charge in [0.2, 0.25) is 0 Å². The second-order valence-corrected chi connectivity index (χ2v) is 6.70. The molecule has 0 atom stereocenters. The van der Waals surface area contributed by atoms with Gasteiger partial charge in [-0.05, 0) is 11.8 Å². The highest BCUT2D eigenvalue weighted by molar-refractivity contribution is 5.48. The standard InChI is InChI=1S/C12H24O.C6H14/c1-2-3-4-5-6-7-8-9-10-11-12-13;1-5-6(2,3)4/h12H,2-11H2,1H3;5H2,1-4H3. The molecule has 0 spiro atoms. The van der Waals surface area contributed by atoms with E-state index in [-0.39, 0.29) is 0 Å². The highest BCUT2D eigenvalue weighted by atomic mass is 16.1. The zero-order valence-corrected chi connectivity index (χ0v) is 14.3. The van der Waals surface area contributed by atoms with Gasteiger partial charge in [0.05, 0.1) is 0 Å². The molecule has 116 valence electrons. The molecule has 0 radical (unpaired) electrons. The summed E-state index contributed by atoms with van der Waals surface area (Å²) in [6, 6.07) is 0. The van der Waals surface area contributed by atoms with Gasteiger partial charge in [-0.15, -0.1) is 0 Å². The molecule has 0 aromatic heterocycles. The molecule has 0 aromatic rings. The van der Waals surface area contributed by atoms with Crippen LogP contribution in [0.4, 0.5) is 0 Å². The third-order valence-corrected chi connectivity index (χ3v) is 3.49. The zero-order chi connectivity index (χ0) is 15.0. The lowest BCUT2D eigenvalue weighted by Gasteiger charge is -2.12. The Hall–Kier alpha value is -0.330. The smallest absolute Gasteiger partial charge is 0.119 e. The van der Waals surface area contributed by atoms with Crippen molar-refractivity contribution in [3.63, 3.8) is 0 Å². The van der Waals surface area contributed by atoms with Crippen molar-refractivity contribution in [1.29, 1.82) is 0 Å². The van der Waals surface area contributed by atoms with Crippen LogP contribution in [0.15, 0.2) is 0 Å². The highest BCUT2D eigenvalue weighted by Crippen LogP contribution is 2.16. The summed E-state index contributed by atoms with van der Waals surface area (Å²) in [4.78, 5) is 10.0. The molecule has 0 N–H and O–H groups in total. The number of carbonyl (C=O) groups is 1. The van der Waals surface area contributed by atoms with Gasteiger partial charge < -0.3 is 4.79 Å². The van der Waals surface area contributed by atoms with Crippen molar-refractivity contribution in [1.82, 2.24) is 0 Å². The molecule has 0 rings (SSSR count). The van der Waals surface area contributed by atoms with Crippen molar-refractivity contribution in [3.05, 3.63) is 0 Å². The van der Waals surface area contributed by atoms with Gasteiger partial charge in [-0.1, -0.05) is 92.4 Å². The fourth-order valence-corrected chi connectivity index (χ4v) is 1.54. The molecule has 0 aromatic carbocycles. The van der Waals surface area contributed by atoms with Crippen LogP contribution >= 0.6 is 0 Å². The number of hydrogen-bond donors (Lipinski definition) is 0. The fraction of sp³-hybridized carbons (Fsp3) is 0.944. The Morgan fingerprint density at radius 1 is 0.737 bits per heavy atom. The van der Waals surface area contributed by atoms with E-state index in [1.807, 2.05) is 0 Å². The van der Waals surface area contributed by atoms with E-state index in [0.717, 1.165) is 19.1 Å². The van der Waals surface area contributed by atoms with Crippen molar-refractivity contribution in [2.24, 2.45) is 5.41 Å². The molecule has 0 aliphatic rings. The Morgan fingerprint density at radius 2 is 1.11 bits per heavy atom. The summed E-state index contributed by atoms with van der Waals surface area (Å²) in [7, 11) is 0. The monoisotopic (exact) mass is 270 g/mol. The first-order chi connectivity index (χ1) is 8.97. The van der Waals surface area contributed by atoms with E-state index in [1.165, 1.54) is 57.8 Å². The summed E-state index contributed by atoms with van der Waals surface area (Å²) in [6.45, 7) is 11.2. The Bertz CT molecular complexity index is 167. The molecule has 0 saturated heterocycles. The molecular weight excluding hydrogens is 232 g/mol. The maximum absolute atomic E-state index is 10.0. The van der Waals surface area contributed by atoms with Gasteiger partial charge in [0.25, 0.3) is 0 Å². The van der Waals surface area contributed by atoms with E-state index in [2.05, 4.69) is 34.6 Å². The average Bonchev–Trinajstić information content (AvgIpc) is 2.37. The minimum absolute atomic E-state index is 0.542. The van der Waals surface area contributed by atoms with Gasteiger partial charge in [0.15, 0.2) is 0 Å². The van der Waals surface area contributed by atoms with Crippen LogP contribution in [0.2, 0.25) is 0 Å². The summed E-state index contributed by atoms with van der Waals surface area (Å²) in [6.07, 6.45) is 15.0. The Labute approximate surface area is 122 Å². The zero-order valence-electron chi connectivity index (χ0n) is 14.3. The molecular formula is C18H38O. The molecule has 0 aliphatic heterocycles. The number of aldehydes is 1. The second-order valence-electron chi connectivity index (χ2n) is 6.70. The lowest BCUT2D eigenvalue weighted by molar-refractivity contribution is -0.107. The van der Waals surface area contributed by atoms with E-state index in [1.54, 1.807) is 0 Å². The van der Waals surface area contributed by atoms with Gasteiger partial charge in [0.1, 0.15) is 6.29 Å². The van der Waals surface area contributed by atoms with Crippen molar-refractivity contribution < 1.29 is 4.79 Å². The maximum Gasteiger partial charge on any atom is 0.119 e. The van der Waals surface area contributed by atoms with Gasteiger partial charge in [0, 0.05) is 6.42 Å². The minimum atomic E-state index is 0.542. The summed E-state index contributed by atoms with van der Waals surface area (Å²) in [5.74, 6) is 0. The van der Waals surface area contributed by atoms with Gasteiger partial charge in [-0.3, -0.25) is 0 Å². The Balaban J connectivity index is 0. The maximum atomic E-state index is 10.0. The summed E-state index contributed by atoms with van der Waals surface area (Å²) < 4.78 is 0. The molecule has 0 bridgehead atoms. The van der Waals surface area contributed by atoms with Gasteiger partial charge in [-0.2, -0.15) is 0 Å². The van der Waals surface area contributed by atoms with Crippen molar-refractivity contribution >= 4 is 6.29 Å². The number of rotatable bonds is 10. The molecule has 0 saturated carbocycles. The second kappa shape index (κ2) is 15.7. The van der Waals surface area contributed by atoms with Crippen molar-refractivity contribution in [2.75, 3.05) is 0 Å². The van der Waals surface area contributed by atoms with E-state index in [9.17, 15) is 4.79 Å². The van der Waals surface area contributed by atoms with Crippen LogP contribution < -0.4 is 0 Å². The first-order valence-corrected chi connectivity index (χ1v) is 8.41. The Kier molecular flexibility index (Phi) is 17.4. The average molecular weight is 271 g/mol. The van der Waals surface area contributed by atoms with Crippen LogP contribution in [0.3, 0.4) is 0 Å². The van der Waals surface area contributed by atoms with Crippen LogP contribution in [0, 0.1) is 5.41 Å². The van der Waals surface area contributed by atoms with E-state index < -0.39 is 0 Å². The van der Waals surface area contributed by atoms with Crippen LogP contribution in [-0.2, 0) is 4.79 Å². The fourth-order valence-electron chi connectivity index (χ4n) is 1.54. The lowest BCUT2D eigenvalue weighted by Crippen LogP contribution is -2.00. The molecule has 0 unspecified atom stereocenters. The molecule has 1 nitrogen and oxygen atoms in total. The first-order valence-electron chi connectivity index (χ1n) is 8.41. The van der Waals surface area contributed by atoms with Crippen molar-refractivity contribution in [3.8, 4) is 0 Å². The Morgan fingerprint density at radius 3 is 1.42 bits per heavy atom. The predicted octanol–water partition coefficient (Wildman–Crippen LogP) is 6.55. The molecule has 19 heavy (non-hydrogen) atoms. The quantitative estimate of drug-likeness (QED) is 0.325. The van der Waals surface area contributed by atoms with E-state index >= 15 is 0 Å². The number of unbranched alkanes of at least 4 members (excludes halogenated alkanes) is 9. The van der Waals surface area contributed by atoms with E-state index in [0.29, 0.717) is 5.41 Å². The number of carbonyl (C=O) groups excluding carboxylic acids is 1. The molecule has 0 amide bonds. The third-order valence-electron chi connectivity index (χ3n) is 3.49. The summed E-state index contributed by atoms with van der Waals surface area (Å²) in [5, 5.41) is 0. The lowest BCUT2D eigenvalue weighted by atomic mass is 9.94. The van der Waals surface area contributed by atoms with Crippen LogP contribution in [0.25, 0.3) is 0 Å². The SMILES string of the molecule is CCC(C)(C)C.CCCCCCCCCCCC=O. The minimum Gasteiger partial charge on any atom is -0.303 e. The highest BCUT2D eigenvalue weighted by Gasteiger charge is 2.03. The predicted molar refractivity (Wildman–Crippen MR) is 87.7 cm³/mol. The van der Waals surface area contributed by atoms with Gasteiger partial charge >= 0.3 is 0 Å². The largest absolute Gasteiger partial charge is 0.303 e. The number of hydrogen-bond acceptors (Lipinski definition) is 1. The molecule has 1 heteroatoms. The first kappa shape index (κ1) is 21.0. The normalized spacial score (nSPS) is 10.8. The third kappa shape index (κ3) is 27.0. The molecule has 0 fully saturated rings. The van der Waals surface area contributed by atoms with Crippen molar-refractivity contribution in [2.45, 2.75) is 105 Å². The summed E-state index contributed by atoms with van der Waals surface area (Å²) >= 11 is 0. The van der Waals surface area contributed by atoms with E-state index in [4.69, 9.17) is 0 Å². The van der Waals surface area contributed by atoms with Crippen LogP contribution in [0.5, 0.6) is 0 Å². The molecule has 0 heterocycles. The van der Waals surface area contributed by atoms with Crippen LogP contribution in [-0.4, -0.2) is 6.29 Å². The van der Waals surface area contributed by atoms with Crippen LogP contribution in [0.1, 0.15) is 105 Å². The topological polar surface area (TPSA) is 17.1 Å². The molecule has 0 aliphatic carbocycles.